The maximum atomic E-state index is 10.9. The number of likely N-dealkylation sites (tertiary alicyclic amines) is 1. The fourth-order valence-electron chi connectivity index (χ4n) is 1.70. The van der Waals surface area contributed by atoms with E-state index < -0.39 is 8.32 Å². The molecule has 3 nitrogen and oxygen atoms in total. The molecular formula is C13H25NO2Si. The molecular weight excluding hydrogens is 230 g/mol. The number of hydrogen-bond donors (Lipinski definition) is 0. The molecule has 1 rings (SSSR count). The van der Waals surface area contributed by atoms with E-state index in [1.807, 2.05) is 0 Å². The van der Waals surface area contributed by atoms with E-state index in [1.54, 1.807) is 4.90 Å². The molecule has 0 saturated carbocycles. The van der Waals surface area contributed by atoms with E-state index in [0.29, 0.717) is 13.2 Å². The van der Waals surface area contributed by atoms with Gasteiger partial charge in [0.15, 0.2) is 8.32 Å². The molecule has 1 aliphatic rings. The summed E-state index contributed by atoms with van der Waals surface area (Å²) in [4.78, 5) is 12.7. The average Bonchev–Trinajstić information content (AvgIpc) is 2.54. The van der Waals surface area contributed by atoms with E-state index in [0.717, 1.165) is 18.4 Å². The summed E-state index contributed by atoms with van der Waals surface area (Å²) < 4.78 is 6.16. The summed E-state index contributed by atoms with van der Waals surface area (Å²) in [6.07, 6.45) is 1.80. The Bertz CT molecular complexity index is 307. The molecule has 4 heteroatoms. The normalized spacial score (nSPS) is 22.1. The second-order valence-electron chi connectivity index (χ2n) is 6.46. The van der Waals surface area contributed by atoms with E-state index in [1.165, 1.54) is 0 Å². The van der Waals surface area contributed by atoms with Crippen LogP contribution in [0, 0.1) is 0 Å². The van der Waals surface area contributed by atoms with Gasteiger partial charge < -0.3 is 9.33 Å². The zero-order valence-corrected chi connectivity index (χ0v) is 12.7. The fraction of sp³-hybridized carbons (Fsp3) is 0.769. The molecule has 0 aromatic rings. The topological polar surface area (TPSA) is 29.5 Å². The predicted molar refractivity (Wildman–Crippen MR) is 73.5 cm³/mol. The summed E-state index contributed by atoms with van der Waals surface area (Å²) in [6.45, 7) is 16.4. The second kappa shape index (κ2) is 4.94. The van der Waals surface area contributed by atoms with Gasteiger partial charge in [0.2, 0.25) is 6.41 Å². The lowest BCUT2D eigenvalue weighted by molar-refractivity contribution is -0.119. The molecule has 1 atom stereocenters. The maximum absolute atomic E-state index is 10.9. The molecule has 0 aromatic heterocycles. The Morgan fingerprint density at radius 2 is 2.12 bits per heavy atom. The van der Waals surface area contributed by atoms with Crippen molar-refractivity contribution in [2.75, 3.05) is 13.2 Å². The van der Waals surface area contributed by atoms with E-state index in [2.05, 4.69) is 40.4 Å². The van der Waals surface area contributed by atoms with Gasteiger partial charge in [-0.25, -0.2) is 0 Å². The van der Waals surface area contributed by atoms with Crippen LogP contribution < -0.4 is 0 Å². The number of nitrogens with zero attached hydrogens (tertiary/aromatic N) is 1. The molecule has 98 valence electrons. The lowest BCUT2D eigenvalue weighted by atomic mass is 10.2. The van der Waals surface area contributed by atoms with Crippen molar-refractivity contribution in [3.05, 3.63) is 12.2 Å². The number of carbonyl (C=O) groups is 1. The zero-order chi connectivity index (χ0) is 13.3. The Morgan fingerprint density at radius 3 is 2.59 bits per heavy atom. The van der Waals surface area contributed by atoms with Crippen molar-refractivity contribution in [1.82, 2.24) is 4.90 Å². The quantitative estimate of drug-likeness (QED) is 0.439. The summed E-state index contributed by atoms with van der Waals surface area (Å²) in [5, 5.41) is 0.217. The lowest BCUT2D eigenvalue weighted by Gasteiger charge is -2.37. The summed E-state index contributed by atoms with van der Waals surface area (Å²) in [6, 6.07) is 0.189. The smallest absolute Gasteiger partial charge is 0.210 e. The standard InChI is InChI=1S/C13H25NO2Si/c1-11-7-12(14(8-11)10-15)9-16-17(5,6)13(2,3)4/h10,12H,1,7-9H2,2-6H3/t12-/m0/s1. The molecule has 1 aliphatic heterocycles. The van der Waals surface area contributed by atoms with Gasteiger partial charge in [0, 0.05) is 6.54 Å². The first-order valence-electron chi connectivity index (χ1n) is 6.19. The molecule has 0 bridgehead atoms. The number of carbonyl (C=O) groups excluding carboxylic acids is 1. The van der Waals surface area contributed by atoms with Crippen molar-refractivity contribution in [2.45, 2.75) is 51.4 Å². The third-order valence-electron chi connectivity index (χ3n) is 3.98. The van der Waals surface area contributed by atoms with Gasteiger partial charge >= 0.3 is 0 Å². The minimum atomic E-state index is -1.71. The van der Waals surface area contributed by atoms with E-state index >= 15 is 0 Å². The van der Waals surface area contributed by atoms with Crippen molar-refractivity contribution in [3.8, 4) is 0 Å². The first kappa shape index (κ1) is 14.4. The van der Waals surface area contributed by atoms with Crippen LogP contribution in [0.15, 0.2) is 12.2 Å². The molecule has 1 heterocycles. The van der Waals surface area contributed by atoms with Crippen LogP contribution in [0.25, 0.3) is 0 Å². The zero-order valence-electron chi connectivity index (χ0n) is 11.7. The summed E-state index contributed by atoms with van der Waals surface area (Å²) >= 11 is 0. The molecule has 0 N–H and O–H groups in total. The van der Waals surface area contributed by atoms with E-state index in [9.17, 15) is 4.79 Å². The largest absolute Gasteiger partial charge is 0.415 e. The van der Waals surface area contributed by atoms with Crippen LogP contribution in [0.1, 0.15) is 27.2 Å². The minimum absolute atomic E-state index is 0.189. The van der Waals surface area contributed by atoms with Gasteiger partial charge in [0.05, 0.1) is 12.6 Å². The first-order chi connectivity index (χ1) is 7.67. The highest BCUT2D eigenvalue weighted by Crippen LogP contribution is 2.37. The van der Waals surface area contributed by atoms with Gasteiger partial charge in [-0.2, -0.15) is 0 Å². The lowest BCUT2D eigenvalue weighted by Crippen LogP contribution is -2.44. The summed E-state index contributed by atoms with van der Waals surface area (Å²) in [5.41, 5.74) is 1.13. The van der Waals surface area contributed by atoms with Crippen LogP contribution in [0.4, 0.5) is 0 Å². The number of hydrogen-bond acceptors (Lipinski definition) is 2. The molecule has 1 amide bonds. The van der Waals surface area contributed by atoms with Gasteiger partial charge in [-0.3, -0.25) is 4.79 Å². The molecule has 0 unspecified atom stereocenters. The molecule has 0 radical (unpaired) electrons. The molecule has 17 heavy (non-hydrogen) atoms. The average molecular weight is 255 g/mol. The van der Waals surface area contributed by atoms with Crippen LogP contribution in [-0.2, 0) is 9.22 Å². The Balaban J connectivity index is 2.56. The molecule has 1 saturated heterocycles. The van der Waals surface area contributed by atoms with Crippen LogP contribution in [0.2, 0.25) is 18.1 Å². The van der Waals surface area contributed by atoms with Crippen molar-refractivity contribution < 1.29 is 9.22 Å². The van der Waals surface area contributed by atoms with Crippen LogP contribution in [-0.4, -0.2) is 38.8 Å². The second-order valence-corrected chi connectivity index (χ2v) is 11.3. The van der Waals surface area contributed by atoms with Gasteiger partial charge in [-0.15, -0.1) is 0 Å². The third kappa shape index (κ3) is 3.42. The highest BCUT2D eigenvalue weighted by Gasteiger charge is 2.38. The van der Waals surface area contributed by atoms with Crippen molar-refractivity contribution in [3.63, 3.8) is 0 Å². The predicted octanol–water partition coefficient (Wildman–Crippen LogP) is 2.80. The SMILES string of the molecule is C=C1C[C@@H](CO[Si](C)(C)C(C)(C)C)N(C=O)C1. The van der Waals surface area contributed by atoms with E-state index in [4.69, 9.17) is 4.43 Å². The third-order valence-corrected chi connectivity index (χ3v) is 8.48. The van der Waals surface area contributed by atoms with Crippen LogP contribution in [0.3, 0.4) is 0 Å². The van der Waals surface area contributed by atoms with Gasteiger partial charge in [-0.1, -0.05) is 32.9 Å². The Hall–Kier alpha value is -0.613. The summed E-state index contributed by atoms with van der Waals surface area (Å²) in [7, 11) is -1.71. The van der Waals surface area contributed by atoms with Gasteiger partial charge in [0.25, 0.3) is 0 Å². The molecule has 0 aromatic carbocycles. The Labute approximate surface area is 106 Å². The highest BCUT2D eigenvalue weighted by atomic mass is 28.4. The monoisotopic (exact) mass is 255 g/mol. The Kier molecular flexibility index (Phi) is 4.20. The first-order valence-corrected chi connectivity index (χ1v) is 9.10. The Morgan fingerprint density at radius 1 is 1.53 bits per heavy atom. The molecule has 0 aliphatic carbocycles. The van der Waals surface area contributed by atoms with Crippen molar-refractivity contribution in [1.29, 1.82) is 0 Å². The van der Waals surface area contributed by atoms with Crippen molar-refractivity contribution >= 4 is 14.7 Å². The van der Waals surface area contributed by atoms with E-state index in [-0.39, 0.29) is 11.1 Å². The van der Waals surface area contributed by atoms with Gasteiger partial charge in [-0.05, 0) is 24.6 Å². The highest BCUT2D eigenvalue weighted by molar-refractivity contribution is 6.74. The van der Waals surface area contributed by atoms with Crippen LogP contribution >= 0.6 is 0 Å². The fourth-order valence-corrected chi connectivity index (χ4v) is 2.74. The minimum Gasteiger partial charge on any atom is -0.415 e. The van der Waals surface area contributed by atoms with Crippen molar-refractivity contribution in [2.24, 2.45) is 0 Å². The molecule has 0 spiro atoms. The van der Waals surface area contributed by atoms with Gasteiger partial charge in [0.1, 0.15) is 0 Å². The summed E-state index contributed by atoms with van der Waals surface area (Å²) in [5.74, 6) is 0. The number of rotatable bonds is 4. The molecule has 1 fully saturated rings. The van der Waals surface area contributed by atoms with Crippen LogP contribution in [0.5, 0.6) is 0 Å². The number of amides is 1. The maximum Gasteiger partial charge on any atom is 0.210 e.